The van der Waals surface area contributed by atoms with Gasteiger partial charge in [-0.3, -0.25) is 9.59 Å². The highest BCUT2D eigenvalue weighted by Gasteiger charge is 2.34. The molecule has 0 aliphatic heterocycles. The van der Waals surface area contributed by atoms with E-state index in [-0.39, 0.29) is 24.0 Å². The Balaban J connectivity index is 2.66. The van der Waals surface area contributed by atoms with Crippen molar-refractivity contribution >= 4 is 11.6 Å². The van der Waals surface area contributed by atoms with Gasteiger partial charge in [-0.25, -0.2) is 0 Å². The largest absolute Gasteiger partial charge is 0.299 e. The average molecular weight is 182 g/mol. The first-order chi connectivity index (χ1) is 6.16. The smallest absolute Gasteiger partial charge is 0.148 e. The minimum atomic E-state index is -0.521. The van der Waals surface area contributed by atoms with Crippen LogP contribution in [-0.4, -0.2) is 25.2 Å². The number of rotatable bonds is 2. The number of Topliss-reactive ketones (excluding diaryl/α,β-unsaturated/α-hetero) is 2. The van der Waals surface area contributed by atoms with Crippen LogP contribution in [0.25, 0.3) is 0 Å². The number of hydrogen-bond acceptors (Lipinski definition) is 4. The maximum Gasteiger partial charge on any atom is 0.148 e. The van der Waals surface area contributed by atoms with Crippen molar-refractivity contribution in [1.29, 1.82) is 0 Å². The minimum Gasteiger partial charge on any atom is -0.299 e. The number of azo groups is 1. The molecule has 0 heterocycles. The number of carbonyl (C=O) groups is 2. The van der Waals surface area contributed by atoms with Crippen LogP contribution in [0.1, 0.15) is 19.8 Å². The standard InChI is InChI=1S/C9H14N2O2/c1-6-3-4-8(12)7(9(6)13)5-11-10-2/h6-7H,3-5H2,1-2H3. The molecule has 0 bridgehead atoms. The summed E-state index contributed by atoms with van der Waals surface area (Å²) in [5.74, 6) is -0.457. The Bertz CT molecular complexity index is 248. The molecule has 1 rings (SSSR count). The van der Waals surface area contributed by atoms with E-state index in [0.29, 0.717) is 12.8 Å². The molecule has 13 heavy (non-hydrogen) atoms. The summed E-state index contributed by atoms with van der Waals surface area (Å²) in [4.78, 5) is 22.9. The zero-order chi connectivity index (χ0) is 9.84. The number of ketones is 2. The van der Waals surface area contributed by atoms with Crippen LogP contribution in [0.5, 0.6) is 0 Å². The third kappa shape index (κ3) is 2.20. The van der Waals surface area contributed by atoms with Gasteiger partial charge in [0.05, 0.1) is 12.5 Å². The quantitative estimate of drug-likeness (QED) is 0.476. The Morgan fingerprint density at radius 2 is 2.15 bits per heavy atom. The molecule has 72 valence electrons. The predicted octanol–water partition coefficient (Wildman–Crippen LogP) is 1.25. The predicted molar refractivity (Wildman–Crippen MR) is 47.5 cm³/mol. The number of hydrogen-bond donors (Lipinski definition) is 0. The third-order valence-corrected chi connectivity index (χ3v) is 2.45. The third-order valence-electron chi connectivity index (χ3n) is 2.45. The molecule has 2 atom stereocenters. The highest BCUT2D eigenvalue weighted by molar-refractivity contribution is 6.05. The van der Waals surface area contributed by atoms with Crippen LogP contribution in [-0.2, 0) is 9.59 Å². The van der Waals surface area contributed by atoms with Gasteiger partial charge in [0, 0.05) is 19.4 Å². The maximum atomic E-state index is 11.5. The molecule has 0 aromatic heterocycles. The van der Waals surface area contributed by atoms with E-state index in [1.807, 2.05) is 6.92 Å². The molecular weight excluding hydrogens is 168 g/mol. The zero-order valence-corrected chi connectivity index (χ0v) is 7.99. The molecule has 0 aromatic rings. The fraction of sp³-hybridized carbons (Fsp3) is 0.778. The summed E-state index contributed by atoms with van der Waals surface area (Å²) in [6.45, 7) is 2.10. The molecule has 1 saturated carbocycles. The van der Waals surface area contributed by atoms with E-state index in [0.717, 1.165) is 0 Å². The van der Waals surface area contributed by atoms with Gasteiger partial charge in [0.25, 0.3) is 0 Å². The van der Waals surface area contributed by atoms with Crippen molar-refractivity contribution in [2.75, 3.05) is 13.6 Å². The molecule has 0 amide bonds. The number of nitrogens with zero attached hydrogens (tertiary/aromatic N) is 2. The second kappa shape index (κ2) is 4.25. The molecule has 4 nitrogen and oxygen atoms in total. The van der Waals surface area contributed by atoms with E-state index in [1.165, 1.54) is 0 Å². The van der Waals surface area contributed by atoms with E-state index >= 15 is 0 Å². The molecule has 2 unspecified atom stereocenters. The molecule has 0 aromatic carbocycles. The van der Waals surface area contributed by atoms with Gasteiger partial charge in [-0.05, 0) is 6.42 Å². The first kappa shape index (κ1) is 10.0. The van der Waals surface area contributed by atoms with Gasteiger partial charge in [0.15, 0.2) is 0 Å². The molecule has 4 heteroatoms. The van der Waals surface area contributed by atoms with Crippen molar-refractivity contribution in [2.45, 2.75) is 19.8 Å². The van der Waals surface area contributed by atoms with Crippen molar-refractivity contribution in [2.24, 2.45) is 22.1 Å². The average Bonchev–Trinajstić information content (AvgIpc) is 2.12. The second-order valence-electron chi connectivity index (χ2n) is 3.38. The summed E-state index contributed by atoms with van der Waals surface area (Å²) in [6.07, 6.45) is 1.20. The Kier molecular flexibility index (Phi) is 3.28. The first-order valence-electron chi connectivity index (χ1n) is 4.49. The van der Waals surface area contributed by atoms with Crippen LogP contribution in [0.15, 0.2) is 10.2 Å². The summed E-state index contributed by atoms with van der Waals surface area (Å²) in [5, 5.41) is 7.26. The number of carbonyl (C=O) groups excluding carboxylic acids is 2. The highest BCUT2D eigenvalue weighted by Crippen LogP contribution is 2.22. The van der Waals surface area contributed by atoms with Gasteiger partial charge in [0.2, 0.25) is 0 Å². The highest BCUT2D eigenvalue weighted by atomic mass is 16.2. The Morgan fingerprint density at radius 1 is 1.46 bits per heavy atom. The van der Waals surface area contributed by atoms with Crippen molar-refractivity contribution in [3.8, 4) is 0 Å². The van der Waals surface area contributed by atoms with Crippen LogP contribution in [0.3, 0.4) is 0 Å². The summed E-state index contributed by atoms with van der Waals surface area (Å²) < 4.78 is 0. The molecule has 0 spiro atoms. The lowest BCUT2D eigenvalue weighted by Gasteiger charge is -2.22. The van der Waals surface area contributed by atoms with Gasteiger partial charge in [-0.2, -0.15) is 10.2 Å². The molecule has 1 aliphatic rings. The van der Waals surface area contributed by atoms with Crippen LogP contribution in [0, 0.1) is 11.8 Å². The Labute approximate surface area is 77.4 Å². The van der Waals surface area contributed by atoms with Crippen molar-refractivity contribution in [3.05, 3.63) is 0 Å². The van der Waals surface area contributed by atoms with Gasteiger partial charge >= 0.3 is 0 Å². The van der Waals surface area contributed by atoms with Gasteiger partial charge in [-0.15, -0.1) is 0 Å². The van der Waals surface area contributed by atoms with E-state index < -0.39 is 5.92 Å². The SMILES string of the molecule is CN=NCC1C(=O)CCC(C)C1=O. The first-order valence-corrected chi connectivity index (χ1v) is 4.49. The van der Waals surface area contributed by atoms with Crippen LogP contribution >= 0.6 is 0 Å². The molecule has 0 saturated heterocycles. The van der Waals surface area contributed by atoms with Gasteiger partial charge < -0.3 is 0 Å². The summed E-state index contributed by atoms with van der Waals surface area (Å²) >= 11 is 0. The lowest BCUT2D eigenvalue weighted by Crippen LogP contribution is -2.35. The maximum absolute atomic E-state index is 11.5. The zero-order valence-electron chi connectivity index (χ0n) is 7.99. The summed E-state index contributed by atoms with van der Waals surface area (Å²) in [6, 6.07) is 0. The van der Waals surface area contributed by atoms with Crippen LogP contribution in [0.4, 0.5) is 0 Å². The van der Waals surface area contributed by atoms with Crippen molar-refractivity contribution in [3.63, 3.8) is 0 Å². The molecule has 0 N–H and O–H groups in total. The van der Waals surface area contributed by atoms with Gasteiger partial charge in [-0.1, -0.05) is 6.92 Å². The lowest BCUT2D eigenvalue weighted by molar-refractivity contribution is -0.137. The normalized spacial score (nSPS) is 30.0. The topological polar surface area (TPSA) is 58.9 Å². The van der Waals surface area contributed by atoms with Crippen molar-refractivity contribution < 1.29 is 9.59 Å². The molecule has 1 aliphatic carbocycles. The second-order valence-corrected chi connectivity index (χ2v) is 3.38. The fourth-order valence-electron chi connectivity index (χ4n) is 1.53. The lowest BCUT2D eigenvalue weighted by atomic mass is 9.80. The van der Waals surface area contributed by atoms with E-state index in [2.05, 4.69) is 10.2 Å². The van der Waals surface area contributed by atoms with Crippen LogP contribution in [0.2, 0.25) is 0 Å². The Hall–Kier alpha value is -1.06. The minimum absolute atomic E-state index is 0.00903. The van der Waals surface area contributed by atoms with Crippen LogP contribution < -0.4 is 0 Å². The fourth-order valence-corrected chi connectivity index (χ4v) is 1.53. The van der Waals surface area contributed by atoms with Gasteiger partial charge in [0.1, 0.15) is 11.6 Å². The van der Waals surface area contributed by atoms with E-state index in [4.69, 9.17) is 0 Å². The summed E-state index contributed by atoms with van der Waals surface area (Å²) in [7, 11) is 1.54. The Morgan fingerprint density at radius 3 is 2.77 bits per heavy atom. The monoisotopic (exact) mass is 182 g/mol. The molecular formula is C9H14N2O2. The molecule has 0 radical (unpaired) electrons. The van der Waals surface area contributed by atoms with Crippen molar-refractivity contribution in [1.82, 2.24) is 0 Å². The molecule has 1 fully saturated rings. The summed E-state index contributed by atoms with van der Waals surface area (Å²) in [5.41, 5.74) is 0. The van der Waals surface area contributed by atoms with E-state index in [9.17, 15) is 9.59 Å². The van der Waals surface area contributed by atoms with E-state index in [1.54, 1.807) is 7.05 Å².